The maximum absolute atomic E-state index is 6.56. The molecule has 0 spiro atoms. The molecule has 0 fully saturated rings. The minimum Gasteiger partial charge on any atom is -0.0824 e. The van der Waals surface area contributed by atoms with E-state index in [1.54, 1.807) is 0 Å². The van der Waals surface area contributed by atoms with Crippen LogP contribution in [0.2, 0.25) is 20.1 Å². The van der Waals surface area contributed by atoms with Gasteiger partial charge in [-0.1, -0.05) is 94.0 Å². The zero-order valence-electron chi connectivity index (χ0n) is 12.0. The van der Waals surface area contributed by atoms with Gasteiger partial charge in [0, 0.05) is 11.5 Å². The van der Waals surface area contributed by atoms with Crippen molar-refractivity contribution in [1.82, 2.24) is 0 Å². The van der Waals surface area contributed by atoms with Gasteiger partial charge in [0.05, 0.1) is 20.1 Å². The van der Waals surface area contributed by atoms with Crippen molar-refractivity contribution in [3.8, 4) is 0 Å². The van der Waals surface area contributed by atoms with Gasteiger partial charge in [-0.15, -0.1) is 0 Å². The summed E-state index contributed by atoms with van der Waals surface area (Å²) in [5.74, 6) is 0.0144. The van der Waals surface area contributed by atoms with E-state index in [1.165, 1.54) is 11.1 Å². The Morgan fingerprint density at radius 2 is 1.23 bits per heavy atom. The summed E-state index contributed by atoms with van der Waals surface area (Å²) in [6.07, 6.45) is 14.4. The number of hydrogen-bond donors (Lipinski definition) is 0. The maximum Gasteiger partial charge on any atom is 0.0652 e. The topological polar surface area (TPSA) is 0 Å². The average molecular weight is 372 g/mol. The molecule has 114 valence electrons. The minimum absolute atomic E-state index is 0.0144. The Kier molecular flexibility index (Phi) is 4.75. The van der Waals surface area contributed by atoms with E-state index in [4.69, 9.17) is 46.4 Å². The van der Waals surface area contributed by atoms with Gasteiger partial charge in [0.25, 0.3) is 0 Å². The molecule has 0 aliphatic heterocycles. The van der Waals surface area contributed by atoms with E-state index in [0.717, 1.165) is 24.0 Å². The fourth-order valence-corrected chi connectivity index (χ4v) is 4.16. The molecule has 0 bridgehead atoms. The fourth-order valence-electron chi connectivity index (χ4n) is 2.98. The lowest BCUT2D eigenvalue weighted by Gasteiger charge is -2.25. The van der Waals surface area contributed by atoms with Crippen LogP contribution in [-0.2, 0) is 0 Å². The molecular formula is C18H14Cl4. The predicted molar refractivity (Wildman–Crippen MR) is 97.6 cm³/mol. The summed E-state index contributed by atoms with van der Waals surface area (Å²) in [6.45, 7) is 1.83. The van der Waals surface area contributed by atoms with Crippen molar-refractivity contribution in [2.24, 2.45) is 0 Å². The Hall–Kier alpha value is -0.660. The number of allylic oxidation sites excluding steroid dienone is 8. The monoisotopic (exact) mass is 370 g/mol. The van der Waals surface area contributed by atoms with Crippen molar-refractivity contribution in [3.05, 3.63) is 78.8 Å². The second kappa shape index (κ2) is 6.45. The summed E-state index contributed by atoms with van der Waals surface area (Å²) in [7, 11) is 0. The second-order valence-electron chi connectivity index (χ2n) is 5.48. The Morgan fingerprint density at radius 1 is 0.773 bits per heavy atom. The van der Waals surface area contributed by atoms with Crippen molar-refractivity contribution in [3.63, 3.8) is 0 Å². The molecule has 0 nitrogen and oxygen atoms in total. The molecule has 0 heterocycles. The zero-order chi connectivity index (χ0) is 15.9. The average Bonchev–Trinajstić information content (AvgIpc) is 3.20. The van der Waals surface area contributed by atoms with Crippen LogP contribution in [0.4, 0.5) is 0 Å². The summed E-state index contributed by atoms with van der Waals surface area (Å²) in [5.41, 5.74) is 4.05. The van der Waals surface area contributed by atoms with Gasteiger partial charge in [-0.2, -0.15) is 0 Å². The Labute approximate surface area is 150 Å². The third-order valence-electron chi connectivity index (χ3n) is 4.15. The van der Waals surface area contributed by atoms with Crippen molar-refractivity contribution in [2.45, 2.75) is 25.7 Å². The van der Waals surface area contributed by atoms with Crippen molar-refractivity contribution in [2.75, 3.05) is 0 Å². The normalized spacial score (nSPS) is 16.6. The summed E-state index contributed by atoms with van der Waals surface area (Å²) in [4.78, 5) is 0. The number of hydrogen-bond acceptors (Lipinski definition) is 0. The molecule has 1 aromatic carbocycles. The highest BCUT2D eigenvalue weighted by Gasteiger charge is 2.29. The lowest BCUT2D eigenvalue weighted by Crippen LogP contribution is -2.07. The van der Waals surface area contributed by atoms with E-state index in [1.807, 2.05) is 6.92 Å². The molecule has 3 rings (SSSR count). The SMILES string of the molecule is Cc1c(Cl)c(Cl)c(C(C2=CC=CC2)C2=CC=CC2)c(Cl)c1Cl. The van der Waals surface area contributed by atoms with Crippen LogP contribution in [0, 0.1) is 6.92 Å². The first-order valence-electron chi connectivity index (χ1n) is 7.06. The van der Waals surface area contributed by atoms with E-state index in [-0.39, 0.29) is 5.92 Å². The van der Waals surface area contributed by atoms with E-state index in [2.05, 4.69) is 36.5 Å². The standard InChI is InChI=1S/C18H14Cl4/c1-10-15(19)17(21)14(18(22)16(10)20)13(11-6-2-3-7-11)12-8-4-5-9-12/h2-6,8,13H,7,9H2,1H3. The summed E-state index contributed by atoms with van der Waals surface area (Å²) in [6, 6.07) is 0. The van der Waals surface area contributed by atoms with Crippen LogP contribution in [0.1, 0.15) is 29.9 Å². The number of halogens is 4. The van der Waals surface area contributed by atoms with Gasteiger partial charge in [-0.25, -0.2) is 0 Å². The molecule has 0 N–H and O–H groups in total. The fraction of sp³-hybridized carbons (Fsp3) is 0.222. The molecule has 1 aromatic rings. The Morgan fingerprint density at radius 3 is 1.59 bits per heavy atom. The van der Waals surface area contributed by atoms with E-state index in [0.29, 0.717) is 20.1 Å². The third-order valence-corrected chi connectivity index (χ3v) is 6.07. The lowest BCUT2D eigenvalue weighted by molar-refractivity contribution is 0.874. The Balaban J connectivity index is 2.21. The first kappa shape index (κ1) is 16.2. The highest BCUT2D eigenvalue weighted by atomic mass is 35.5. The molecule has 0 saturated carbocycles. The van der Waals surface area contributed by atoms with Crippen LogP contribution < -0.4 is 0 Å². The van der Waals surface area contributed by atoms with Crippen molar-refractivity contribution >= 4 is 46.4 Å². The van der Waals surface area contributed by atoms with Crippen LogP contribution >= 0.6 is 46.4 Å². The predicted octanol–water partition coefficient (Wildman–Crippen LogP) is 7.46. The van der Waals surface area contributed by atoms with Gasteiger partial charge >= 0.3 is 0 Å². The maximum atomic E-state index is 6.56. The van der Waals surface area contributed by atoms with Gasteiger partial charge in [0.2, 0.25) is 0 Å². The molecule has 0 unspecified atom stereocenters. The molecular weight excluding hydrogens is 358 g/mol. The van der Waals surface area contributed by atoms with Gasteiger partial charge in [-0.3, -0.25) is 0 Å². The minimum atomic E-state index is 0.0144. The molecule has 0 amide bonds. The zero-order valence-corrected chi connectivity index (χ0v) is 15.0. The highest BCUT2D eigenvalue weighted by molar-refractivity contribution is 6.49. The molecule has 0 radical (unpaired) electrons. The van der Waals surface area contributed by atoms with Crippen LogP contribution in [0.3, 0.4) is 0 Å². The van der Waals surface area contributed by atoms with E-state index >= 15 is 0 Å². The second-order valence-corrected chi connectivity index (χ2v) is 6.99. The van der Waals surface area contributed by atoms with Gasteiger partial charge in [-0.05, 0) is 25.3 Å². The number of rotatable bonds is 3. The highest BCUT2D eigenvalue weighted by Crippen LogP contribution is 2.50. The smallest absolute Gasteiger partial charge is 0.0652 e. The first-order valence-corrected chi connectivity index (χ1v) is 8.57. The molecule has 0 aromatic heterocycles. The van der Waals surface area contributed by atoms with Crippen molar-refractivity contribution < 1.29 is 0 Å². The number of benzene rings is 1. The van der Waals surface area contributed by atoms with Crippen LogP contribution in [0.25, 0.3) is 0 Å². The van der Waals surface area contributed by atoms with E-state index < -0.39 is 0 Å². The molecule has 22 heavy (non-hydrogen) atoms. The van der Waals surface area contributed by atoms with Crippen LogP contribution in [0.5, 0.6) is 0 Å². The largest absolute Gasteiger partial charge is 0.0824 e. The van der Waals surface area contributed by atoms with Crippen LogP contribution in [-0.4, -0.2) is 0 Å². The van der Waals surface area contributed by atoms with Crippen molar-refractivity contribution in [1.29, 1.82) is 0 Å². The molecule has 2 aliphatic rings. The third kappa shape index (κ3) is 2.67. The summed E-state index contributed by atoms with van der Waals surface area (Å²) < 4.78 is 0. The van der Waals surface area contributed by atoms with Gasteiger partial charge < -0.3 is 0 Å². The summed E-state index contributed by atoms with van der Waals surface area (Å²) in [5, 5.41) is 1.96. The Bertz CT molecular complexity index is 692. The van der Waals surface area contributed by atoms with Crippen LogP contribution in [0.15, 0.2) is 47.6 Å². The van der Waals surface area contributed by atoms with E-state index in [9.17, 15) is 0 Å². The molecule has 0 saturated heterocycles. The van der Waals surface area contributed by atoms with Gasteiger partial charge in [0.1, 0.15) is 0 Å². The lowest BCUT2D eigenvalue weighted by atomic mass is 9.83. The summed E-state index contributed by atoms with van der Waals surface area (Å²) >= 11 is 25.9. The molecule has 2 aliphatic carbocycles. The first-order chi connectivity index (χ1) is 10.5. The molecule has 0 atom stereocenters. The quantitative estimate of drug-likeness (QED) is 0.483. The molecule has 4 heteroatoms. The van der Waals surface area contributed by atoms with Gasteiger partial charge in [0.15, 0.2) is 0 Å².